The number of alkyl halides is 3. The van der Waals surface area contributed by atoms with E-state index in [0.717, 1.165) is 5.69 Å². The van der Waals surface area contributed by atoms with Crippen molar-refractivity contribution in [2.24, 2.45) is 26.4 Å². The van der Waals surface area contributed by atoms with E-state index in [1.54, 1.807) is 12.1 Å². The van der Waals surface area contributed by atoms with E-state index in [4.69, 9.17) is 5.73 Å². The van der Waals surface area contributed by atoms with Crippen LogP contribution in [0.1, 0.15) is 29.7 Å². The van der Waals surface area contributed by atoms with E-state index in [9.17, 15) is 13.2 Å². The average molecular weight is 396 g/mol. The zero-order valence-corrected chi connectivity index (χ0v) is 15.1. The highest BCUT2D eigenvalue weighted by molar-refractivity contribution is 6.01. The topological polar surface area (TPSA) is 79.2 Å². The van der Waals surface area contributed by atoms with Crippen LogP contribution in [0.25, 0.3) is 0 Å². The second-order valence-electron chi connectivity index (χ2n) is 7.24. The molecule has 1 fully saturated rings. The van der Waals surface area contributed by atoms with Crippen LogP contribution in [0.3, 0.4) is 0 Å². The maximum Gasteiger partial charge on any atom is 0.405 e. The van der Waals surface area contributed by atoms with Crippen molar-refractivity contribution in [2.45, 2.75) is 24.7 Å². The van der Waals surface area contributed by atoms with Crippen LogP contribution in [-0.4, -0.2) is 23.8 Å². The Hall–Kier alpha value is -3.25. The number of para-hydroxylation sites is 1. The minimum atomic E-state index is -4.36. The Morgan fingerprint density at radius 3 is 2.59 bits per heavy atom. The normalized spacial score (nSPS) is 23.6. The fourth-order valence-electron chi connectivity index (χ4n) is 3.59. The van der Waals surface area contributed by atoms with Crippen molar-refractivity contribution in [1.29, 1.82) is 0 Å². The Morgan fingerprint density at radius 2 is 1.83 bits per heavy atom. The van der Waals surface area contributed by atoms with Crippen LogP contribution in [-0.2, 0) is 5.66 Å². The van der Waals surface area contributed by atoms with E-state index < -0.39 is 17.3 Å². The monoisotopic (exact) mass is 396 g/mol. The molecular weight excluding hydrogens is 381 g/mol. The molecule has 9 heteroatoms. The van der Waals surface area contributed by atoms with Gasteiger partial charge in [-0.15, -0.1) is 5.11 Å². The van der Waals surface area contributed by atoms with E-state index in [-0.39, 0.29) is 18.5 Å². The van der Waals surface area contributed by atoms with Gasteiger partial charge < -0.3 is 0 Å². The molecule has 1 unspecified atom stereocenters. The van der Waals surface area contributed by atoms with Crippen LogP contribution in [0.4, 0.5) is 18.9 Å². The second kappa shape index (κ2) is 5.87. The van der Waals surface area contributed by atoms with Gasteiger partial charge in [0.05, 0.1) is 5.69 Å². The number of nitrogens with zero attached hydrogens (tertiary/aromatic N) is 5. The highest BCUT2D eigenvalue weighted by atomic mass is 19.4. The SMILES string of the molecule is NC1(c2cccnc2C#CC2(C(F)(F)F)CC2)N=C2N=NCN2c2ccccc21. The lowest BCUT2D eigenvalue weighted by molar-refractivity contribution is -0.168. The molecule has 1 saturated carbocycles. The van der Waals surface area contributed by atoms with Crippen molar-refractivity contribution < 1.29 is 13.2 Å². The summed E-state index contributed by atoms with van der Waals surface area (Å²) in [5, 5.41) is 8.06. The molecule has 0 spiro atoms. The molecule has 0 bridgehead atoms. The van der Waals surface area contributed by atoms with Gasteiger partial charge in [-0.2, -0.15) is 18.3 Å². The van der Waals surface area contributed by atoms with Crippen LogP contribution in [0, 0.1) is 17.3 Å². The minimum Gasteiger partial charge on any atom is -0.299 e. The number of hydrogen-bond acceptors (Lipinski definition) is 6. The summed E-state index contributed by atoms with van der Waals surface area (Å²) in [6, 6.07) is 10.8. The van der Waals surface area contributed by atoms with Crippen molar-refractivity contribution >= 4 is 11.6 Å². The standard InChI is InChI=1S/C20H15F3N6/c21-20(22,23)18(9-10-18)8-7-15-13(5-3-11-25-15)19(24)14-4-1-2-6-16(14)29-12-26-28-17(29)27-19/h1-6,11H,9-10,12,24H2. The zero-order chi connectivity index (χ0) is 20.3. The van der Waals surface area contributed by atoms with Gasteiger partial charge in [0.2, 0.25) is 5.96 Å². The number of guanidine groups is 1. The number of halogens is 3. The summed E-state index contributed by atoms with van der Waals surface area (Å²) in [6.07, 6.45) is -2.88. The predicted octanol–water partition coefficient (Wildman–Crippen LogP) is 3.53. The van der Waals surface area contributed by atoms with Crippen LogP contribution in [0.5, 0.6) is 0 Å². The fourth-order valence-corrected chi connectivity index (χ4v) is 3.59. The van der Waals surface area contributed by atoms with Gasteiger partial charge >= 0.3 is 6.18 Å². The first-order chi connectivity index (χ1) is 13.8. The molecule has 2 aliphatic heterocycles. The molecule has 5 rings (SSSR count). The quantitative estimate of drug-likeness (QED) is 0.749. The third kappa shape index (κ3) is 2.63. The van der Waals surface area contributed by atoms with Crippen molar-refractivity contribution in [3.63, 3.8) is 0 Å². The fraction of sp³-hybridized carbons (Fsp3) is 0.300. The summed E-state index contributed by atoms with van der Waals surface area (Å²) in [5.74, 6) is 5.39. The molecule has 0 saturated heterocycles. The maximum absolute atomic E-state index is 13.3. The van der Waals surface area contributed by atoms with Crippen LogP contribution in [0.15, 0.2) is 57.8 Å². The predicted molar refractivity (Wildman–Crippen MR) is 99.9 cm³/mol. The van der Waals surface area contributed by atoms with Crippen molar-refractivity contribution in [3.8, 4) is 11.8 Å². The molecule has 29 heavy (non-hydrogen) atoms. The highest BCUT2D eigenvalue weighted by Gasteiger charge is 2.62. The number of pyridine rings is 1. The van der Waals surface area contributed by atoms with Crippen molar-refractivity contribution in [2.75, 3.05) is 11.6 Å². The van der Waals surface area contributed by atoms with Crippen molar-refractivity contribution in [3.05, 3.63) is 59.4 Å². The first-order valence-electron chi connectivity index (χ1n) is 9.03. The summed E-state index contributed by atoms with van der Waals surface area (Å²) in [4.78, 5) is 10.6. The van der Waals surface area contributed by atoms with Gasteiger partial charge in [0.15, 0.2) is 5.66 Å². The van der Waals surface area contributed by atoms with Gasteiger partial charge in [-0.25, -0.2) is 9.98 Å². The van der Waals surface area contributed by atoms with Gasteiger partial charge in [-0.3, -0.25) is 10.6 Å². The molecule has 1 aromatic heterocycles. The van der Waals surface area contributed by atoms with Gasteiger partial charge in [0.1, 0.15) is 17.8 Å². The number of fused-ring (bicyclic) bond motifs is 3. The molecule has 3 aliphatic rings. The third-order valence-electron chi connectivity index (χ3n) is 5.42. The summed E-state index contributed by atoms with van der Waals surface area (Å²) < 4.78 is 39.8. The number of aromatic nitrogens is 1. The molecule has 0 amide bonds. The van der Waals surface area contributed by atoms with Crippen LogP contribution >= 0.6 is 0 Å². The zero-order valence-electron chi connectivity index (χ0n) is 15.1. The lowest BCUT2D eigenvalue weighted by Crippen LogP contribution is -2.45. The van der Waals surface area contributed by atoms with Crippen molar-refractivity contribution in [1.82, 2.24) is 4.98 Å². The number of aliphatic imine (C=N–C) groups is 1. The van der Waals surface area contributed by atoms with E-state index >= 15 is 0 Å². The minimum absolute atomic E-state index is 0.0000861. The molecule has 3 heterocycles. The molecule has 146 valence electrons. The van der Waals surface area contributed by atoms with Gasteiger partial charge in [0, 0.05) is 17.3 Å². The molecule has 1 atom stereocenters. The molecule has 0 radical (unpaired) electrons. The lowest BCUT2D eigenvalue weighted by atomic mass is 9.88. The Kier molecular flexibility index (Phi) is 3.61. The molecular formula is C20H15F3N6. The first kappa shape index (κ1) is 17.8. The van der Waals surface area contributed by atoms with E-state index in [2.05, 4.69) is 32.0 Å². The molecule has 2 N–H and O–H groups in total. The Bertz CT molecular complexity index is 1120. The lowest BCUT2D eigenvalue weighted by Gasteiger charge is -2.35. The molecule has 1 aliphatic carbocycles. The second-order valence-corrected chi connectivity index (χ2v) is 7.24. The number of benzene rings is 1. The largest absolute Gasteiger partial charge is 0.405 e. The number of rotatable bonds is 1. The van der Waals surface area contributed by atoms with Gasteiger partial charge in [-0.1, -0.05) is 30.2 Å². The first-order valence-corrected chi connectivity index (χ1v) is 9.03. The Balaban J connectivity index is 1.66. The highest BCUT2D eigenvalue weighted by Crippen LogP contribution is 2.57. The molecule has 1 aromatic carbocycles. The van der Waals surface area contributed by atoms with E-state index in [0.29, 0.717) is 23.8 Å². The number of azo groups is 1. The summed E-state index contributed by atoms with van der Waals surface area (Å²) in [7, 11) is 0. The summed E-state index contributed by atoms with van der Waals surface area (Å²) in [6.45, 7) is 0.333. The van der Waals surface area contributed by atoms with E-state index in [1.807, 2.05) is 29.2 Å². The third-order valence-corrected chi connectivity index (χ3v) is 5.42. The van der Waals surface area contributed by atoms with E-state index in [1.165, 1.54) is 6.20 Å². The summed E-state index contributed by atoms with van der Waals surface area (Å²) in [5.41, 5.74) is 5.48. The van der Waals surface area contributed by atoms with Crippen LogP contribution < -0.4 is 10.6 Å². The maximum atomic E-state index is 13.3. The Morgan fingerprint density at radius 1 is 1.07 bits per heavy atom. The molecule has 6 nitrogen and oxygen atoms in total. The number of nitrogens with two attached hydrogens (primary N) is 1. The average Bonchev–Trinajstić information content (AvgIpc) is 3.38. The van der Waals surface area contributed by atoms with Crippen LogP contribution in [0.2, 0.25) is 0 Å². The smallest absolute Gasteiger partial charge is 0.299 e. The molecule has 2 aromatic rings. The number of anilines is 1. The Labute approximate surface area is 164 Å². The summed E-state index contributed by atoms with van der Waals surface area (Å²) >= 11 is 0. The van der Waals surface area contributed by atoms with Gasteiger partial charge in [-0.05, 0) is 30.9 Å². The van der Waals surface area contributed by atoms with Gasteiger partial charge in [0.25, 0.3) is 0 Å². The number of hydrogen-bond donors (Lipinski definition) is 1.